The molecule has 78 valence electrons. The van der Waals surface area contributed by atoms with E-state index in [4.69, 9.17) is 5.73 Å². The third kappa shape index (κ3) is 2.03. The number of hydrogen-bond donors (Lipinski definition) is 1. The second-order valence-electron chi connectivity index (χ2n) is 3.28. The quantitative estimate of drug-likeness (QED) is 0.854. The second-order valence-corrected chi connectivity index (χ2v) is 4.44. The van der Waals surface area contributed by atoms with E-state index in [1.807, 2.05) is 31.3 Å². The molecule has 0 fully saturated rings. The van der Waals surface area contributed by atoms with Crippen molar-refractivity contribution >= 4 is 22.6 Å². The lowest BCUT2D eigenvalue weighted by atomic mass is 10.1. The summed E-state index contributed by atoms with van der Waals surface area (Å²) in [5, 5.41) is 7.71. The largest absolute Gasteiger partial charge is 0.319 e. The van der Waals surface area contributed by atoms with Gasteiger partial charge >= 0.3 is 0 Å². The highest BCUT2D eigenvalue weighted by molar-refractivity contribution is 14.1. The number of benzene rings is 1. The number of aromatic nitrogens is 3. The summed E-state index contributed by atoms with van der Waals surface area (Å²) < 4.78 is 2.86. The van der Waals surface area contributed by atoms with Gasteiger partial charge in [-0.3, -0.25) is 4.68 Å². The van der Waals surface area contributed by atoms with Gasteiger partial charge in [0.2, 0.25) is 0 Å². The molecule has 2 N–H and O–H groups in total. The maximum atomic E-state index is 6.16. The summed E-state index contributed by atoms with van der Waals surface area (Å²) in [7, 11) is 1.85. The van der Waals surface area contributed by atoms with Crippen LogP contribution in [0.1, 0.15) is 17.3 Å². The van der Waals surface area contributed by atoms with Gasteiger partial charge < -0.3 is 5.73 Å². The number of nitrogens with two attached hydrogens (primary N) is 1. The Morgan fingerprint density at radius 1 is 1.40 bits per heavy atom. The normalized spacial score (nSPS) is 12.7. The van der Waals surface area contributed by atoms with Crippen molar-refractivity contribution in [3.05, 3.63) is 45.3 Å². The Morgan fingerprint density at radius 2 is 2.13 bits per heavy atom. The molecule has 0 amide bonds. The summed E-state index contributed by atoms with van der Waals surface area (Å²) in [6.07, 6.45) is 1.70. The van der Waals surface area contributed by atoms with E-state index in [0.717, 1.165) is 14.8 Å². The maximum Gasteiger partial charge on any atom is 0.0796 e. The van der Waals surface area contributed by atoms with E-state index >= 15 is 0 Å². The number of aryl methyl sites for hydroxylation is 1. The predicted molar refractivity (Wildman–Crippen MR) is 66.2 cm³/mol. The van der Waals surface area contributed by atoms with Crippen LogP contribution in [0.25, 0.3) is 0 Å². The summed E-state index contributed by atoms with van der Waals surface area (Å²) in [4.78, 5) is 0. The number of nitrogens with zero attached hydrogens (tertiary/aromatic N) is 3. The Balaban J connectivity index is 2.41. The van der Waals surface area contributed by atoms with Gasteiger partial charge in [-0.2, -0.15) is 0 Å². The van der Waals surface area contributed by atoms with Crippen LogP contribution in [0.3, 0.4) is 0 Å². The van der Waals surface area contributed by atoms with Crippen LogP contribution in [0.5, 0.6) is 0 Å². The first kappa shape index (κ1) is 10.6. The first-order valence-electron chi connectivity index (χ1n) is 4.54. The Kier molecular flexibility index (Phi) is 3.01. The van der Waals surface area contributed by atoms with Gasteiger partial charge in [0, 0.05) is 10.6 Å². The van der Waals surface area contributed by atoms with Crippen molar-refractivity contribution in [2.75, 3.05) is 0 Å². The minimum atomic E-state index is -0.168. The van der Waals surface area contributed by atoms with Crippen LogP contribution in [0.4, 0.5) is 0 Å². The second kappa shape index (κ2) is 4.28. The van der Waals surface area contributed by atoms with Crippen molar-refractivity contribution in [2.45, 2.75) is 6.04 Å². The third-order valence-electron chi connectivity index (χ3n) is 2.31. The van der Waals surface area contributed by atoms with Crippen LogP contribution in [0.2, 0.25) is 0 Å². The highest BCUT2D eigenvalue weighted by Crippen LogP contribution is 2.22. The third-order valence-corrected chi connectivity index (χ3v) is 3.29. The van der Waals surface area contributed by atoms with Gasteiger partial charge in [-0.1, -0.05) is 23.4 Å². The molecule has 0 bridgehead atoms. The monoisotopic (exact) mass is 314 g/mol. The van der Waals surface area contributed by atoms with Crippen LogP contribution in [0.15, 0.2) is 30.5 Å². The van der Waals surface area contributed by atoms with Crippen molar-refractivity contribution in [1.29, 1.82) is 0 Å². The molecular formula is C10H11IN4. The van der Waals surface area contributed by atoms with Gasteiger partial charge in [0.15, 0.2) is 0 Å². The molecule has 2 aromatic rings. The highest BCUT2D eigenvalue weighted by Gasteiger charge is 2.15. The summed E-state index contributed by atoms with van der Waals surface area (Å²) in [6.45, 7) is 0. The molecular weight excluding hydrogens is 303 g/mol. The predicted octanol–water partition coefficient (Wildman–Crippen LogP) is 1.47. The lowest BCUT2D eigenvalue weighted by molar-refractivity contribution is 0.650. The van der Waals surface area contributed by atoms with Crippen LogP contribution in [0, 0.1) is 3.57 Å². The van der Waals surface area contributed by atoms with E-state index in [1.165, 1.54) is 0 Å². The van der Waals surface area contributed by atoms with E-state index < -0.39 is 0 Å². The van der Waals surface area contributed by atoms with Crippen molar-refractivity contribution in [2.24, 2.45) is 12.8 Å². The fourth-order valence-corrected chi connectivity index (χ4v) is 2.19. The molecule has 1 aromatic carbocycles. The molecule has 2 rings (SSSR count). The number of hydrogen-bond acceptors (Lipinski definition) is 3. The van der Waals surface area contributed by atoms with Gasteiger partial charge in [0.05, 0.1) is 17.9 Å². The molecule has 0 aliphatic carbocycles. The summed E-state index contributed by atoms with van der Waals surface area (Å²) in [5.41, 5.74) is 8.17. The van der Waals surface area contributed by atoms with E-state index in [-0.39, 0.29) is 6.04 Å². The fraction of sp³-hybridized carbons (Fsp3) is 0.200. The Labute approximate surface area is 102 Å². The maximum absolute atomic E-state index is 6.16. The molecule has 0 saturated heterocycles. The van der Waals surface area contributed by atoms with Crippen LogP contribution in [-0.2, 0) is 7.05 Å². The van der Waals surface area contributed by atoms with Gasteiger partial charge in [-0.25, -0.2) is 0 Å². The fourth-order valence-electron chi connectivity index (χ4n) is 1.47. The molecule has 0 aliphatic rings. The van der Waals surface area contributed by atoms with Crippen molar-refractivity contribution in [3.63, 3.8) is 0 Å². The molecule has 0 saturated carbocycles. The molecule has 0 spiro atoms. The molecule has 1 heterocycles. The Bertz CT molecular complexity index is 466. The SMILES string of the molecule is Cn1nncc1C(N)c1ccccc1I. The molecule has 1 atom stereocenters. The number of halogens is 1. The Morgan fingerprint density at radius 3 is 2.73 bits per heavy atom. The molecule has 1 aromatic heterocycles. The van der Waals surface area contributed by atoms with Gasteiger partial charge in [-0.05, 0) is 34.2 Å². The smallest absolute Gasteiger partial charge is 0.0796 e. The van der Waals surface area contributed by atoms with E-state index in [2.05, 4.69) is 32.9 Å². The molecule has 15 heavy (non-hydrogen) atoms. The number of rotatable bonds is 2. The Hall–Kier alpha value is -0.950. The zero-order valence-electron chi connectivity index (χ0n) is 8.26. The standard InChI is InChI=1S/C10H11IN4/c1-15-9(6-13-14-15)10(12)7-4-2-3-5-8(7)11/h2-6,10H,12H2,1H3. The average molecular weight is 314 g/mol. The average Bonchev–Trinajstić information content (AvgIpc) is 2.64. The lowest BCUT2D eigenvalue weighted by Gasteiger charge is -2.13. The first-order valence-corrected chi connectivity index (χ1v) is 5.62. The minimum Gasteiger partial charge on any atom is -0.319 e. The molecule has 5 heteroatoms. The van der Waals surface area contributed by atoms with Crippen molar-refractivity contribution < 1.29 is 0 Å². The summed E-state index contributed by atoms with van der Waals surface area (Å²) in [6, 6.07) is 7.89. The van der Waals surface area contributed by atoms with Crippen molar-refractivity contribution in [3.8, 4) is 0 Å². The van der Waals surface area contributed by atoms with Gasteiger partial charge in [-0.15, -0.1) is 5.10 Å². The minimum absolute atomic E-state index is 0.168. The zero-order valence-corrected chi connectivity index (χ0v) is 10.4. The summed E-state index contributed by atoms with van der Waals surface area (Å²) in [5.74, 6) is 0. The highest BCUT2D eigenvalue weighted by atomic mass is 127. The first-order chi connectivity index (χ1) is 7.20. The van der Waals surface area contributed by atoms with Crippen LogP contribution >= 0.6 is 22.6 Å². The van der Waals surface area contributed by atoms with Gasteiger partial charge in [0.1, 0.15) is 0 Å². The topological polar surface area (TPSA) is 56.7 Å². The van der Waals surface area contributed by atoms with Crippen LogP contribution in [-0.4, -0.2) is 15.0 Å². The lowest BCUT2D eigenvalue weighted by Crippen LogP contribution is -2.16. The van der Waals surface area contributed by atoms with E-state index in [1.54, 1.807) is 10.9 Å². The zero-order chi connectivity index (χ0) is 10.8. The van der Waals surface area contributed by atoms with Crippen molar-refractivity contribution in [1.82, 2.24) is 15.0 Å². The molecule has 0 aliphatic heterocycles. The summed E-state index contributed by atoms with van der Waals surface area (Å²) >= 11 is 2.28. The molecule has 4 nitrogen and oxygen atoms in total. The molecule has 1 unspecified atom stereocenters. The molecule has 0 radical (unpaired) electrons. The van der Waals surface area contributed by atoms with E-state index in [9.17, 15) is 0 Å². The van der Waals surface area contributed by atoms with E-state index in [0.29, 0.717) is 0 Å². The van der Waals surface area contributed by atoms with Crippen LogP contribution < -0.4 is 5.73 Å². The van der Waals surface area contributed by atoms with Gasteiger partial charge in [0.25, 0.3) is 0 Å².